The number of rotatable bonds is 6. The zero-order valence-electron chi connectivity index (χ0n) is 15.8. The molecule has 6 heteroatoms. The first kappa shape index (κ1) is 18.4. The van der Waals surface area contributed by atoms with Gasteiger partial charge in [0, 0.05) is 0 Å². The van der Waals surface area contributed by atoms with Crippen LogP contribution in [0.2, 0.25) is 0 Å². The van der Waals surface area contributed by atoms with E-state index in [1.54, 1.807) is 6.07 Å². The van der Waals surface area contributed by atoms with Gasteiger partial charge in [-0.25, -0.2) is 9.67 Å². The monoisotopic (exact) mass is 377 g/mol. The van der Waals surface area contributed by atoms with E-state index in [0.717, 1.165) is 45.0 Å². The Bertz CT molecular complexity index is 931. The van der Waals surface area contributed by atoms with Gasteiger partial charge in [0.25, 0.3) is 0 Å². The largest absolute Gasteiger partial charge is 0.507 e. The zero-order chi connectivity index (χ0) is 19.2. The van der Waals surface area contributed by atoms with E-state index in [4.69, 9.17) is 14.8 Å². The standard InChI is InChI=1S/C22H24N4O2/c27-20-9-5-4-8-19(20)22-23-21(11-10-18-6-2-1-3-7-18)24-26(22)13-12-25-14-16-28-17-15-25/h1-11,27H,12-17H2/p+1/b11-10+. The molecule has 2 aromatic carbocycles. The van der Waals surface area contributed by atoms with Crippen molar-refractivity contribution in [3.8, 4) is 17.1 Å². The molecule has 0 radical (unpaired) electrons. The van der Waals surface area contributed by atoms with E-state index < -0.39 is 0 Å². The highest BCUT2D eigenvalue weighted by Crippen LogP contribution is 2.27. The fourth-order valence-corrected chi connectivity index (χ4v) is 3.36. The van der Waals surface area contributed by atoms with Crippen LogP contribution in [0.3, 0.4) is 0 Å². The summed E-state index contributed by atoms with van der Waals surface area (Å²) >= 11 is 0. The summed E-state index contributed by atoms with van der Waals surface area (Å²) in [5.41, 5.74) is 1.80. The van der Waals surface area contributed by atoms with E-state index in [9.17, 15) is 5.11 Å². The molecular weight excluding hydrogens is 352 g/mol. The average Bonchev–Trinajstić information content (AvgIpc) is 3.15. The molecule has 0 bridgehead atoms. The number of quaternary nitrogens is 1. The summed E-state index contributed by atoms with van der Waals surface area (Å²) in [6, 6.07) is 17.4. The number of nitrogens with one attached hydrogen (secondary N) is 1. The molecule has 1 aliphatic rings. The molecule has 0 saturated carbocycles. The number of morpholine rings is 1. The van der Waals surface area contributed by atoms with Crippen LogP contribution in [0.5, 0.6) is 5.75 Å². The summed E-state index contributed by atoms with van der Waals surface area (Å²) in [7, 11) is 0. The highest BCUT2D eigenvalue weighted by atomic mass is 16.5. The van der Waals surface area contributed by atoms with Crippen LogP contribution in [0, 0.1) is 0 Å². The van der Waals surface area contributed by atoms with Gasteiger partial charge in [0.1, 0.15) is 18.8 Å². The SMILES string of the molecule is Oc1ccccc1-c1nc(/C=C/c2ccccc2)nn1CC[NH+]1CCOCC1. The molecule has 2 heterocycles. The Morgan fingerprint density at radius 1 is 1.00 bits per heavy atom. The molecule has 4 rings (SSSR count). The van der Waals surface area contributed by atoms with Crippen LogP contribution in [0.1, 0.15) is 11.4 Å². The fraction of sp³-hybridized carbons (Fsp3) is 0.273. The summed E-state index contributed by atoms with van der Waals surface area (Å²) in [5.74, 6) is 1.55. The maximum Gasteiger partial charge on any atom is 0.174 e. The minimum Gasteiger partial charge on any atom is -0.507 e. The van der Waals surface area contributed by atoms with Crippen molar-refractivity contribution in [1.82, 2.24) is 14.8 Å². The van der Waals surface area contributed by atoms with E-state index >= 15 is 0 Å². The number of para-hydroxylation sites is 1. The van der Waals surface area contributed by atoms with Gasteiger partial charge >= 0.3 is 0 Å². The van der Waals surface area contributed by atoms with Crippen molar-refractivity contribution in [2.45, 2.75) is 6.54 Å². The minimum absolute atomic E-state index is 0.216. The second kappa shape index (κ2) is 8.82. The zero-order valence-corrected chi connectivity index (χ0v) is 15.8. The van der Waals surface area contributed by atoms with Crippen molar-refractivity contribution in [2.24, 2.45) is 0 Å². The molecular formula is C22H25N4O2+. The summed E-state index contributed by atoms with van der Waals surface area (Å²) in [6.45, 7) is 5.34. The molecule has 28 heavy (non-hydrogen) atoms. The molecule has 1 aliphatic heterocycles. The molecule has 0 amide bonds. The third-order valence-electron chi connectivity index (χ3n) is 4.93. The van der Waals surface area contributed by atoms with Crippen molar-refractivity contribution in [1.29, 1.82) is 0 Å². The smallest absolute Gasteiger partial charge is 0.174 e. The lowest BCUT2D eigenvalue weighted by atomic mass is 10.2. The first-order valence-electron chi connectivity index (χ1n) is 9.67. The van der Waals surface area contributed by atoms with Crippen molar-refractivity contribution < 1.29 is 14.7 Å². The third-order valence-corrected chi connectivity index (χ3v) is 4.93. The van der Waals surface area contributed by atoms with Crippen LogP contribution in [0.25, 0.3) is 23.5 Å². The number of phenols is 1. The number of hydrogen-bond donors (Lipinski definition) is 2. The Kier molecular flexibility index (Phi) is 5.80. The predicted molar refractivity (Wildman–Crippen MR) is 109 cm³/mol. The lowest BCUT2D eigenvalue weighted by Crippen LogP contribution is -3.14. The molecule has 1 aromatic heterocycles. The maximum absolute atomic E-state index is 10.3. The predicted octanol–water partition coefficient (Wildman–Crippen LogP) is 1.74. The van der Waals surface area contributed by atoms with Crippen LogP contribution in [0.4, 0.5) is 0 Å². The number of phenolic OH excluding ortho intramolecular Hbond substituents is 1. The van der Waals surface area contributed by atoms with Gasteiger partial charge in [-0.3, -0.25) is 0 Å². The van der Waals surface area contributed by atoms with Gasteiger partial charge in [0.2, 0.25) is 0 Å². The quantitative estimate of drug-likeness (QED) is 0.687. The molecule has 0 atom stereocenters. The number of hydrogen-bond acceptors (Lipinski definition) is 4. The topological polar surface area (TPSA) is 64.6 Å². The Balaban J connectivity index is 1.59. The lowest BCUT2D eigenvalue weighted by Gasteiger charge is -2.23. The van der Waals surface area contributed by atoms with Crippen LogP contribution in [-0.2, 0) is 11.3 Å². The van der Waals surface area contributed by atoms with Gasteiger partial charge in [0.15, 0.2) is 11.6 Å². The van der Waals surface area contributed by atoms with Crippen LogP contribution in [-0.4, -0.2) is 52.7 Å². The Hall–Kier alpha value is -2.96. The van der Waals surface area contributed by atoms with Gasteiger partial charge in [-0.15, -0.1) is 0 Å². The van der Waals surface area contributed by atoms with Gasteiger partial charge in [-0.05, 0) is 23.8 Å². The Morgan fingerprint density at radius 2 is 1.75 bits per heavy atom. The molecule has 144 valence electrons. The van der Waals surface area contributed by atoms with E-state index in [-0.39, 0.29) is 5.75 Å². The Morgan fingerprint density at radius 3 is 2.54 bits per heavy atom. The van der Waals surface area contributed by atoms with E-state index in [1.807, 2.05) is 65.4 Å². The molecule has 1 fully saturated rings. The molecule has 0 aliphatic carbocycles. The Labute approximate surface area is 164 Å². The summed E-state index contributed by atoms with van der Waals surface area (Å²) in [4.78, 5) is 6.20. The second-order valence-corrected chi connectivity index (χ2v) is 6.89. The van der Waals surface area contributed by atoms with Gasteiger partial charge in [0.05, 0.1) is 31.9 Å². The van der Waals surface area contributed by atoms with Gasteiger partial charge in [-0.1, -0.05) is 48.5 Å². The van der Waals surface area contributed by atoms with Crippen molar-refractivity contribution >= 4 is 12.2 Å². The number of ether oxygens (including phenoxy) is 1. The van der Waals surface area contributed by atoms with Crippen molar-refractivity contribution in [2.75, 3.05) is 32.8 Å². The summed E-state index contributed by atoms with van der Waals surface area (Å²) in [5, 5.41) is 15.0. The van der Waals surface area contributed by atoms with E-state index in [2.05, 4.69) is 0 Å². The number of nitrogens with zero attached hydrogens (tertiary/aromatic N) is 3. The van der Waals surface area contributed by atoms with E-state index in [0.29, 0.717) is 17.2 Å². The van der Waals surface area contributed by atoms with E-state index in [1.165, 1.54) is 4.90 Å². The first-order chi connectivity index (χ1) is 13.8. The highest BCUT2D eigenvalue weighted by Gasteiger charge is 2.18. The molecule has 0 unspecified atom stereocenters. The second-order valence-electron chi connectivity index (χ2n) is 6.89. The van der Waals surface area contributed by atoms with Gasteiger partial charge < -0.3 is 14.7 Å². The molecule has 0 spiro atoms. The molecule has 2 N–H and O–H groups in total. The van der Waals surface area contributed by atoms with Crippen LogP contribution in [0.15, 0.2) is 54.6 Å². The minimum atomic E-state index is 0.216. The number of aromatic nitrogens is 3. The first-order valence-corrected chi connectivity index (χ1v) is 9.67. The molecule has 6 nitrogen and oxygen atoms in total. The summed E-state index contributed by atoms with van der Waals surface area (Å²) in [6.07, 6.45) is 3.92. The van der Waals surface area contributed by atoms with Gasteiger partial charge in [-0.2, -0.15) is 5.10 Å². The average molecular weight is 377 g/mol. The number of aromatic hydroxyl groups is 1. The summed E-state index contributed by atoms with van der Waals surface area (Å²) < 4.78 is 7.35. The van der Waals surface area contributed by atoms with Crippen LogP contribution >= 0.6 is 0 Å². The van der Waals surface area contributed by atoms with Crippen molar-refractivity contribution in [3.63, 3.8) is 0 Å². The van der Waals surface area contributed by atoms with Crippen molar-refractivity contribution in [3.05, 3.63) is 66.0 Å². The fourth-order valence-electron chi connectivity index (χ4n) is 3.36. The lowest BCUT2D eigenvalue weighted by molar-refractivity contribution is -0.908. The molecule has 3 aromatic rings. The normalized spacial score (nSPS) is 15.3. The molecule has 1 saturated heterocycles. The number of benzene rings is 2. The van der Waals surface area contributed by atoms with Crippen LogP contribution < -0.4 is 4.90 Å². The maximum atomic E-state index is 10.3. The highest BCUT2D eigenvalue weighted by molar-refractivity contribution is 5.69. The third kappa shape index (κ3) is 4.47.